The van der Waals surface area contributed by atoms with Crippen molar-refractivity contribution >= 4 is 11.9 Å². The van der Waals surface area contributed by atoms with Gasteiger partial charge in [-0.25, -0.2) is 14.8 Å². The van der Waals surface area contributed by atoms with E-state index in [9.17, 15) is 4.79 Å². The molecule has 0 atom stereocenters. The van der Waals surface area contributed by atoms with Crippen molar-refractivity contribution in [1.82, 2.24) is 9.97 Å². The lowest BCUT2D eigenvalue weighted by Gasteiger charge is -2.05. The molecule has 6 heteroatoms. The van der Waals surface area contributed by atoms with Crippen molar-refractivity contribution in [2.24, 2.45) is 0 Å². The SMILES string of the molecule is COc1cccc(OC(=O)c2ccnc(N)n2)c1. The summed E-state index contributed by atoms with van der Waals surface area (Å²) < 4.78 is 10.2. The Morgan fingerprint density at radius 1 is 1.28 bits per heavy atom. The molecule has 0 spiro atoms. The number of benzene rings is 1. The van der Waals surface area contributed by atoms with Gasteiger partial charge in [-0.1, -0.05) is 6.07 Å². The van der Waals surface area contributed by atoms with E-state index in [0.29, 0.717) is 11.5 Å². The van der Waals surface area contributed by atoms with Crippen molar-refractivity contribution < 1.29 is 14.3 Å². The number of ether oxygens (including phenoxy) is 2. The molecule has 6 nitrogen and oxygen atoms in total. The standard InChI is InChI=1S/C12H11N3O3/c1-17-8-3-2-4-9(7-8)18-11(16)10-5-6-14-12(13)15-10/h2-7H,1H3,(H2,13,14,15). The summed E-state index contributed by atoms with van der Waals surface area (Å²) in [7, 11) is 1.53. The normalized spacial score (nSPS) is 9.83. The van der Waals surface area contributed by atoms with Gasteiger partial charge in [0, 0.05) is 12.3 Å². The first-order valence-electron chi connectivity index (χ1n) is 5.14. The Balaban J connectivity index is 2.16. The van der Waals surface area contributed by atoms with E-state index in [0.717, 1.165) is 0 Å². The zero-order valence-corrected chi connectivity index (χ0v) is 9.66. The van der Waals surface area contributed by atoms with Crippen molar-refractivity contribution in [3.8, 4) is 11.5 Å². The molecular weight excluding hydrogens is 234 g/mol. The maximum atomic E-state index is 11.8. The summed E-state index contributed by atoms with van der Waals surface area (Å²) >= 11 is 0. The second-order valence-corrected chi connectivity index (χ2v) is 3.37. The largest absolute Gasteiger partial charge is 0.497 e. The van der Waals surface area contributed by atoms with E-state index in [1.807, 2.05) is 0 Å². The summed E-state index contributed by atoms with van der Waals surface area (Å²) in [6, 6.07) is 8.14. The van der Waals surface area contributed by atoms with Crippen LogP contribution in [0.2, 0.25) is 0 Å². The number of hydrogen-bond acceptors (Lipinski definition) is 6. The fourth-order valence-electron chi connectivity index (χ4n) is 1.31. The predicted octanol–water partition coefficient (Wildman–Crippen LogP) is 1.29. The number of aromatic nitrogens is 2. The van der Waals surface area contributed by atoms with Gasteiger partial charge >= 0.3 is 5.97 Å². The minimum absolute atomic E-state index is 0.0232. The van der Waals surface area contributed by atoms with Gasteiger partial charge < -0.3 is 15.2 Å². The number of nitrogens with zero attached hydrogens (tertiary/aromatic N) is 2. The van der Waals surface area contributed by atoms with Crippen LogP contribution in [0.5, 0.6) is 11.5 Å². The Morgan fingerprint density at radius 3 is 2.78 bits per heavy atom. The molecule has 0 bridgehead atoms. The van der Waals surface area contributed by atoms with Gasteiger partial charge in [0.25, 0.3) is 0 Å². The van der Waals surface area contributed by atoms with Crippen molar-refractivity contribution in [3.63, 3.8) is 0 Å². The van der Waals surface area contributed by atoms with Gasteiger partial charge in [-0.05, 0) is 18.2 Å². The van der Waals surface area contributed by atoms with Gasteiger partial charge in [0.05, 0.1) is 7.11 Å². The summed E-state index contributed by atoms with van der Waals surface area (Å²) in [5, 5.41) is 0. The van der Waals surface area contributed by atoms with Gasteiger partial charge in [0.2, 0.25) is 5.95 Å². The summed E-state index contributed by atoms with van der Waals surface area (Å²) in [6.45, 7) is 0. The van der Waals surface area contributed by atoms with Crippen molar-refractivity contribution in [1.29, 1.82) is 0 Å². The first-order chi connectivity index (χ1) is 8.69. The van der Waals surface area contributed by atoms with Crippen LogP contribution in [0.1, 0.15) is 10.5 Å². The Labute approximate surface area is 103 Å². The smallest absolute Gasteiger partial charge is 0.362 e. The van der Waals surface area contributed by atoms with Crippen LogP contribution < -0.4 is 15.2 Å². The van der Waals surface area contributed by atoms with Crippen molar-refractivity contribution in [3.05, 3.63) is 42.2 Å². The van der Waals surface area contributed by atoms with Crippen LogP contribution in [0.3, 0.4) is 0 Å². The van der Waals surface area contributed by atoms with E-state index in [1.165, 1.54) is 19.4 Å². The molecule has 0 aliphatic rings. The number of rotatable bonds is 3. The zero-order valence-electron chi connectivity index (χ0n) is 9.66. The highest BCUT2D eigenvalue weighted by molar-refractivity contribution is 5.89. The molecule has 1 heterocycles. The molecule has 0 fully saturated rings. The molecule has 2 N–H and O–H groups in total. The lowest BCUT2D eigenvalue weighted by Crippen LogP contribution is -2.12. The number of nitrogen functional groups attached to an aromatic ring is 1. The molecular formula is C12H11N3O3. The van der Waals surface area contributed by atoms with Crippen LogP contribution in [0.15, 0.2) is 36.5 Å². The quantitative estimate of drug-likeness (QED) is 0.647. The van der Waals surface area contributed by atoms with Crippen LogP contribution in [0.25, 0.3) is 0 Å². The van der Waals surface area contributed by atoms with E-state index in [1.54, 1.807) is 24.3 Å². The Kier molecular flexibility index (Phi) is 3.38. The number of anilines is 1. The van der Waals surface area contributed by atoms with E-state index in [4.69, 9.17) is 15.2 Å². The molecule has 1 aromatic heterocycles. The van der Waals surface area contributed by atoms with Gasteiger partial charge in [0.1, 0.15) is 11.5 Å². The molecule has 0 radical (unpaired) electrons. The number of methoxy groups -OCH3 is 1. The third kappa shape index (κ3) is 2.73. The molecule has 0 saturated carbocycles. The number of hydrogen-bond donors (Lipinski definition) is 1. The second kappa shape index (κ2) is 5.13. The highest BCUT2D eigenvalue weighted by atomic mass is 16.5. The molecule has 2 aromatic rings. The van der Waals surface area contributed by atoms with Gasteiger partial charge in [-0.3, -0.25) is 0 Å². The molecule has 0 amide bonds. The molecule has 2 rings (SSSR count). The molecule has 0 aliphatic heterocycles. The third-order valence-electron chi connectivity index (χ3n) is 2.14. The molecule has 92 valence electrons. The van der Waals surface area contributed by atoms with E-state index < -0.39 is 5.97 Å². The maximum Gasteiger partial charge on any atom is 0.362 e. The Bertz CT molecular complexity index is 572. The van der Waals surface area contributed by atoms with E-state index in [2.05, 4.69) is 9.97 Å². The topological polar surface area (TPSA) is 87.3 Å². The van der Waals surface area contributed by atoms with E-state index in [-0.39, 0.29) is 11.6 Å². The number of carbonyl (C=O) groups is 1. The second-order valence-electron chi connectivity index (χ2n) is 3.37. The predicted molar refractivity (Wildman–Crippen MR) is 64.4 cm³/mol. The van der Waals surface area contributed by atoms with Crippen LogP contribution in [0.4, 0.5) is 5.95 Å². The summed E-state index contributed by atoms with van der Waals surface area (Å²) in [5.41, 5.74) is 5.49. The van der Waals surface area contributed by atoms with Crippen LogP contribution in [0, 0.1) is 0 Å². The summed E-state index contributed by atoms with van der Waals surface area (Å²) in [6.07, 6.45) is 1.39. The minimum Gasteiger partial charge on any atom is -0.497 e. The fourth-order valence-corrected chi connectivity index (χ4v) is 1.31. The lowest BCUT2D eigenvalue weighted by atomic mass is 10.3. The fraction of sp³-hybridized carbons (Fsp3) is 0.0833. The number of carbonyl (C=O) groups excluding carboxylic acids is 1. The van der Waals surface area contributed by atoms with Gasteiger partial charge in [-0.2, -0.15) is 0 Å². The molecule has 1 aromatic carbocycles. The monoisotopic (exact) mass is 245 g/mol. The zero-order chi connectivity index (χ0) is 13.0. The van der Waals surface area contributed by atoms with Crippen LogP contribution in [-0.2, 0) is 0 Å². The Morgan fingerprint density at radius 2 is 2.06 bits per heavy atom. The average Bonchev–Trinajstić information content (AvgIpc) is 2.39. The Hall–Kier alpha value is -2.63. The van der Waals surface area contributed by atoms with Gasteiger partial charge in [-0.15, -0.1) is 0 Å². The van der Waals surface area contributed by atoms with E-state index >= 15 is 0 Å². The minimum atomic E-state index is -0.600. The van der Waals surface area contributed by atoms with Gasteiger partial charge in [0.15, 0.2) is 5.69 Å². The van der Waals surface area contributed by atoms with Crippen molar-refractivity contribution in [2.75, 3.05) is 12.8 Å². The summed E-state index contributed by atoms with van der Waals surface area (Å²) in [4.78, 5) is 19.2. The van der Waals surface area contributed by atoms with Crippen LogP contribution in [-0.4, -0.2) is 23.0 Å². The lowest BCUT2D eigenvalue weighted by molar-refractivity contribution is 0.0728. The molecule has 18 heavy (non-hydrogen) atoms. The molecule has 0 saturated heterocycles. The van der Waals surface area contributed by atoms with Crippen LogP contribution >= 0.6 is 0 Å². The first-order valence-corrected chi connectivity index (χ1v) is 5.14. The highest BCUT2D eigenvalue weighted by Gasteiger charge is 2.11. The average molecular weight is 245 g/mol. The first kappa shape index (κ1) is 11.8. The summed E-state index contributed by atoms with van der Waals surface area (Å²) in [5.74, 6) is 0.395. The van der Waals surface area contributed by atoms with Crippen molar-refractivity contribution in [2.45, 2.75) is 0 Å². The third-order valence-corrected chi connectivity index (χ3v) is 2.14. The molecule has 0 unspecified atom stereocenters. The maximum absolute atomic E-state index is 11.8. The highest BCUT2D eigenvalue weighted by Crippen LogP contribution is 2.19. The number of esters is 1. The number of nitrogens with two attached hydrogens (primary N) is 1. The molecule has 0 aliphatic carbocycles.